The van der Waals surface area contributed by atoms with E-state index in [2.05, 4.69) is 6.07 Å². The van der Waals surface area contributed by atoms with Crippen LogP contribution in [0.2, 0.25) is 0 Å². The second-order valence-corrected chi connectivity index (χ2v) is 13.1. The summed E-state index contributed by atoms with van der Waals surface area (Å²) in [6.07, 6.45) is 5.61. The quantitative estimate of drug-likeness (QED) is 0.323. The fourth-order valence-electron chi connectivity index (χ4n) is 6.36. The molecule has 0 aliphatic carbocycles. The fourth-order valence-corrected chi connectivity index (χ4v) is 7.80. The van der Waals surface area contributed by atoms with E-state index in [1.807, 2.05) is 64.2 Å². The number of hydrogen-bond acceptors (Lipinski definition) is 5. The number of amides is 2. The predicted octanol–water partition coefficient (Wildman–Crippen LogP) is 4.16. The highest BCUT2D eigenvalue weighted by Crippen LogP contribution is 2.40. The highest BCUT2D eigenvalue weighted by Gasteiger charge is 2.33. The number of benzene rings is 3. The van der Waals surface area contributed by atoms with Crippen LogP contribution in [-0.4, -0.2) is 69.0 Å². The summed E-state index contributed by atoms with van der Waals surface area (Å²) in [6.45, 7) is 2.13. The van der Waals surface area contributed by atoms with Gasteiger partial charge in [0.2, 0.25) is 15.9 Å². The van der Waals surface area contributed by atoms with Crippen LogP contribution < -0.4 is 9.80 Å². The van der Waals surface area contributed by atoms with Crippen LogP contribution in [0.15, 0.2) is 77.8 Å². The van der Waals surface area contributed by atoms with Crippen LogP contribution in [0.3, 0.4) is 0 Å². The van der Waals surface area contributed by atoms with E-state index in [1.165, 1.54) is 9.87 Å². The van der Waals surface area contributed by atoms with Gasteiger partial charge in [0.15, 0.2) is 0 Å². The third-order valence-corrected chi connectivity index (χ3v) is 10.5. The first-order valence-corrected chi connectivity index (χ1v) is 15.9. The standard InChI is InChI=1S/C33H32N4O5S/c1-34-30-13-12-25(43(40,41)36-15-17-42-18-16-36)20-27(30)28(33(34)39)19-24-21-35(31-11-5-3-9-26(24)31)22-32(38)37-14-6-8-23-7-2-4-10-29(23)37/h2-5,7,9-13,19-21H,6,8,14-18,22H2,1H3. The number of aryl methyl sites for hydroxylation is 1. The molecular formula is C33H32N4O5S. The molecule has 4 heterocycles. The average molecular weight is 597 g/mol. The minimum Gasteiger partial charge on any atom is -0.379 e. The molecule has 0 N–H and O–H groups in total. The largest absolute Gasteiger partial charge is 0.379 e. The molecule has 1 aromatic heterocycles. The molecule has 0 atom stereocenters. The number of aromatic nitrogens is 1. The zero-order chi connectivity index (χ0) is 29.7. The Hall–Kier alpha value is -4.25. The van der Waals surface area contributed by atoms with Crippen molar-refractivity contribution < 1.29 is 22.7 Å². The maximum absolute atomic E-state index is 13.6. The minimum absolute atomic E-state index is 0.00656. The molecule has 0 unspecified atom stereocenters. The van der Waals surface area contributed by atoms with E-state index in [1.54, 1.807) is 30.1 Å². The number of rotatable bonds is 5. The first kappa shape index (κ1) is 27.6. The van der Waals surface area contributed by atoms with Crippen molar-refractivity contribution in [3.8, 4) is 0 Å². The van der Waals surface area contributed by atoms with E-state index in [0.29, 0.717) is 49.7 Å². The Morgan fingerprint density at radius 2 is 1.72 bits per heavy atom. The number of likely N-dealkylation sites (N-methyl/N-ethyl adjacent to an activating group) is 1. The molecule has 220 valence electrons. The van der Waals surface area contributed by atoms with Gasteiger partial charge >= 0.3 is 0 Å². The first-order chi connectivity index (χ1) is 20.8. The molecule has 0 saturated carbocycles. The topological polar surface area (TPSA) is 92.2 Å². The van der Waals surface area contributed by atoms with Crippen LogP contribution in [0, 0.1) is 0 Å². The van der Waals surface area contributed by atoms with E-state index in [9.17, 15) is 18.0 Å². The monoisotopic (exact) mass is 596 g/mol. The fraction of sp³-hybridized carbons (Fsp3) is 0.273. The minimum atomic E-state index is -3.74. The van der Waals surface area contributed by atoms with Gasteiger partial charge in [0.1, 0.15) is 6.54 Å². The molecule has 1 fully saturated rings. The van der Waals surface area contributed by atoms with E-state index in [-0.39, 0.29) is 23.3 Å². The molecule has 2 amide bonds. The molecule has 7 rings (SSSR count). The lowest BCUT2D eigenvalue weighted by Crippen LogP contribution is -2.40. The molecule has 0 radical (unpaired) electrons. The van der Waals surface area contributed by atoms with Crippen LogP contribution in [0.1, 0.15) is 23.1 Å². The molecule has 0 bridgehead atoms. The highest BCUT2D eigenvalue weighted by atomic mass is 32.2. The highest BCUT2D eigenvalue weighted by molar-refractivity contribution is 7.89. The smallest absolute Gasteiger partial charge is 0.258 e. The van der Waals surface area contributed by atoms with Crippen LogP contribution >= 0.6 is 0 Å². The molecule has 3 aromatic carbocycles. The normalized spacial score (nSPS) is 18.3. The van der Waals surface area contributed by atoms with E-state index >= 15 is 0 Å². The number of carbonyl (C=O) groups is 2. The Bertz CT molecular complexity index is 1910. The molecule has 43 heavy (non-hydrogen) atoms. The van der Waals surface area contributed by atoms with Crippen molar-refractivity contribution in [3.63, 3.8) is 0 Å². The molecular weight excluding hydrogens is 564 g/mol. The summed E-state index contributed by atoms with van der Waals surface area (Å²) < 4.78 is 35.5. The van der Waals surface area contributed by atoms with Crippen molar-refractivity contribution in [2.45, 2.75) is 24.3 Å². The second kappa shape index (κ2) is 10.8. The third-order valence-electron chi connectivity index (χ3n) is 8.60. The number of nitrogens with zero attached hydrogens (tertiary/aromatic N) is 4. The number of anilines is 2. The van der Waals surface area contributed by atoms with Crippen molar-refractivity contribution in [2.75, 3.05) is 49.7 Å². The zero-order valence-electron chi connectivity index (χ0n) is 23.9. The van der Waals surface area contributed by atoms with Crippen molar-refractivity contribution in [3.05, 3.63) is 89.6 Å². The van der Waals surface area contributed by atoms with E-state index in [0.717, 1.165) is 35.0 Å². The summed E-state index contributed by atoms with van der Waals surface area (Å²) in [7, 11) is -2.05. The lowest BCUT2D eigenvalue weighted by Gasteiger charge is -2.29. The number of sulfonamides is 1. The first-order valence-electron chi connectivity index (χ1n) is 14.5. The van der Waals surface area contributed by atoms with Gasteiger partial charge in [-0.2, -0.15) is 4.31 Å². The van der Waals surface area contributed by atoms with Gasteiger partial charge in [-0.3, -0.25) is 9.59 Å². The molecule has 10 heteroatoms. The Morgan fingerprint density at radius 3 is 2.56 bits per heavy atom. The van der Waals surface area contributed by atoms with Gasteiger partial charge in [-0.15, -0.1) is 0 Å². The zero-order valence-corrected chi connectivity index (χ0v) is 24.7. The van der Waals surface area contributed by atoms with E-state index < -0.39 is 10.0 Å². The van der Waals surface area contributed by atoms with Gasteiger partial charge in [-0.25, -0.2) is 8.42 Å². The molecule has 9 nitrogen and oxygen atoms in total. The summed E-state index contributed by atoms with van der Waals surface area (Å²) in [5, 5.41) is 0.905. The summed E-state index contributed by atoms with van der Waals surface area (Å²) in [5.74, 6) is -0.208. The second-order valence-electron chi connectivity index (χ2n) is 11.1. The van der Waals surface area contributed by atoms with Crippen molar-refractivity contribution in [1.29, 1.82) is 0 Å². The Balaban J connectivity index is 1.26. The molecule has 3 aliphatic heterocycles. The maximum atomic E-state index is 13.6. The Labute approximate surface area is 250 Å². The van der Waals surface area contributed by atoms with Crippen LogP contribution in [0.25, 0.3) is 22.6 Å². The van der Waals surface area contributed by atoms with Crippen LogP contribution in [0.5, 0.6) is 0 Å². The molecule has 3 aliphatic rings. The van der Waals surface area contributed by atoms with Gasteiger partial charge in [-0.05, 0) is 54.8 Å². The van der Waals surface area contributed by atoms with Gasteiger partial charge in [0, 0.05) is 66.2 Å². The van der Waals surface area contributed by atoms with Gasteiger partial charge in [0.25, 0.3) is 5.91 Å². The molecule has 0 spiro atoms. The molecule has 4 aromatic rings. The van der Waals surface area contributed by atoms with Crippen molar-refractivity contribution >= 4 is 55.8 Å². The average Bonchev–Trinajstić information content (AvgIpc) is 3.50. The Kier molecular flexibility index (Phi) is 6.92. The summed E-state index contributed by atoms with van der Waals surface area (Å²) in [5.41, 5.74) is 5.46. The number of hydrogen-bond donors (Lipinski definition) is 0. The maximum Gasteiger partial charge on any atom is 0.258 e. The van der Waals surface area contributed by atoms with Gasteiger partial charge < -0.3 is 19.1 Å². The summed E-state index contributed by atoms with van der Waals surface area (Å²) in [4.78, 5) is 30.7. The number of morpholine rings is 1. The van der Waals surface area contributed by atoms with Crippen LogP contribution in [0.4, 0.5) is 11.4 Å². The number of para-hydroxylation sites is 2. The van der Waals surface area contributed by atoms with Gasteiger partial charge in [-0.1, -0.05) is 36.4 Å². The van der Waals surface area contributed by atoms with Crippen LogP contribution in [-0.2, 0) is 37.3 Å². The van der Waals surface area contributed by atoms with Gasteiger partial charge in [0.05, 0.1) is 23.8 Å². The predicted molar refractivity (Wildman–Crippen MR) is 166 cm³/mol. The number of ether oxygens (including phenoxy) is 1. The number of fused-ring (bicyclic) bond motifs is 3. The third kappa shape index (κ3) is 4.75. The van der Waals surface area contributed by atoms with Crippen molar-refractivity contribution in [1.82, 2.24) is 8.87 Å². The lowest BCUT2D eigenvalue weighted by molar-refractivity contribution is -0.119. The van der Waals surface area contributed by atoms with E-state index in [4.69, 9.17) is 4.74 Å². The Morgan fingerprint density at radius 1 is 0.953 bits per heavy atom. The summed E-state index contributed by atoms with van der Waals surface area (Å²) in [6, 6.07) is 20.7. The number of carbonyl (C=O) groups excluding carboxylic acids is 2. The van der Waals surface area contributed by atoms with Crippen molar-refractivity contribution in [2.24, 2.45) is 0 Å². The lowest BCUT2D eigenvalue weighted by atomic mass is 10.0. The SMILES string of the molecule is CN1C(=O)C(=Cc2cn(CC(=O)N3CCCc4ccccc43)c3ccccc23)c2cc(S(=O)(=O)N3CCOCC3)ccc21. The summed E-state index contributed by atoms with van der Waals surface area (Å²) >= 11 is 0. The molecule has 1 saturated heterocycles.